The molecule has 2 atom stereocenters. The fourth-order valence-corrected chi connectivity index (χ4v) is 2.49. The van der Waals surface area contributed by atoms with E-state index in [1.54, 1.807) is 23.9 Å². The van der Waals surface area contributed by atoms with Crippen molar-refractivity contribution in [1.82, 2.24) is 15.1 Å². The van der Waals surface area contributed by atoms with Gasteiger partial charge in [0.05, 0.1) is 6.61 Å². The Bertz CT molecular complexity index is 327. The van der Waals surface area contributed by atoms with E-state index in [-0.39, 0.29) is 17.9 Å². The lowest BCUT2D eigenvalue weighted by Crippen LogP contribution is -2.53. The highest BCUT2D eigenvalue weighted by Gasteiger charge is 2.38. The maximum absolute atomic E-state index is 12.3. The summed E-state index contributed by atoms with van der Waals surface area (Å²) in [5, 5.41) is 3.14. The summed E-state index contributed by atoms with van der Waals surface area (Å²) in [6, 6.07) is -0.307. The number of morpholine rings is 1. The molecule has 2 amide bonds. The SMILES string of the molecule is CN(C)C(=O)C1CCCN1C(=O)C1CNCCO1. The third kappa shape index (κ3) is 2.64. The zero-order valence-electron chi connectivity index (χ0n) is 11.0. The molecule has 0 aromatic heterocycles. The molecule has 6 nitrogen and oxygen atoms in total. The van der Waals surface area contributed by atoms with Crippen LogP contribution in [-0.2, 0) is 14.3 Å². The number of amides is 2. The van der Waals surface area contributed by atoms with Crippen LogP contribution < -0.4 is 5.32 Å². The van der Waals surface area contributed by atoms with Crippen LogP contribution in [0, 0.1) is 0 Å². The molecule has 6 heteroatoms. The molecule has 2 fully saturated rings. The minimum absolute atomic E-state index is 0.00428. The second-order valence-corrected chi connectivity index (χ2v) is 4.99. The number of carbonyl (C=O) groups excluding carboxylic acids is 2. The summed E-state index contributed by atoms with van der Waals surface area (Å²) in [6.07, 6.45) is 1.20. The number of nitrogens with one attached hydrogen (secondary N) is 1. The second-order valence-electron chi connectivity index (χ2n) is 4.99. The summed E-state index contributed by atoms with van der Waals surface area (Å²) in [5.41, 5.74) is 0. The van der Waals surface area contributed by atoms with E-state index in [1.807, 2.05) is 0 Å². The predicted octanol–water partition coefficient (Wildman–Crippen LogP) is -0.946. The van der Waals surface area contributed by atoms with E-state index in [0.29, 0.717) is 19.7 Å². The highest BCUT2D eigenvalue weighted by atomic mass is 16.5. The monoisotopic (exact) mass is 255 g/mol. The molecule has 0 aromatic rings. The fraction of sp³-hybridized carbons (Fsp3) is 0.833. The molecule has 0 aliphatic carbocycles. The van der Waals surface area contributed by atoms with Crippen molar-refractivity contribution < 1.29 is 14.3 Å². The van der Waals surface area contributed by atoms with Crippen molar-refractivity contribution in [1.29, 1.82) is 0 Å². The standard InChI is InChI=1S/C12H21N3O3/c1-14(2)11(16)9-4-3-6-15(9)12(17)10-8-13-5-7-18-10/h9-10,13H,3-8H2,1-2H3. The quantitative estimate of drug-likeness (QED) is 0.691. The maximum Gasteiger partial charge on any atom is 0.253 e. The van der Waals surface area contributed by atoms with Gasteiger partial charge in [-0.05, 0) is 12.8 Å². The molecule has 0 bridgehead atoms. The topological polar surface area (TPSA) is 61.9 Å². The first-order chi connectivity index (χ1) is 8.61. The summed E-state index contributed by atoms with van der Waals surface area (Å²) in [6.45, 7) is 2.53. The van der Waals surface area contributed by atoms with E-state index in [9.17, 15) is 9.59 Å². The minimum Gasteiger partial charge on any atom is -0.366 e. The summed E-state index contributed by atoms with van der Waals surface area (Å²) in [4.78, 5) is 27.6. The van der Waals surface area contributed by atoms with Gasteiger partial charge in [-0.2, -0.15) is 0 Å². The number of ether oxygens (including phenoxy) is 1. The van der Waals surface area contributed by atoms with E-state index >= 15 is 0 Å². The molecule has 2 aliphatic heterocycles. The number of hydrogen-bond acceptors (Lipinski definition) is 4. The Kier molecular flexibility index (Phi) is 4.19. The fourth-order valence-electron chi connectivity index (χ4n) is 2.49. The van der Waals surface area contributed by atoms with Crippen LogP contribution in [-0.4, -0.2) is 74.1 Å². The maximum atomic E-state index is 12.3. The number of likely N-dealkylation sites (tertiary alicyclic amines) is 1. The molecule has 2 unspecified atom stereocenters. The van der Waals surface area contributed by atoms with Crippen molar-refractivity contribution in [2.24, 2.45) is 0 Å². The van der Waals surface area contributed by atoms with E-state index in [2.05, 4.69) is 5.32 Å². The van der Waals surface area contributed by atoms with Crippen LogP contribution in [0.15, 0.2) is 0 Å². The van der Waals surface area contributed by atoms with Gasteiger partial charge in [-0.15, -0.1) is 0 Å². The highest BCUT2D eigenvalue weighted by Crippen LogP contribution is 2.20. The first kappa shape index (κ1) is 13.3. The van der Waals surface area contributed by atoms with Crippen LogP contribution in [0.2, 0.25) is 0 Å². The lowest BCUT2D eigenvalue weighted by Gasteiger charge is -2.31. The average molecular weight is 255 g/mol. The summed E-state index contributed by atoms with van der Waals surface area (Å²) >= 11 is 0. The van der Waals surface area contributed by atoms with Crippen molar-refractivity contribution in [2.75, 3.05) is 40.3 Å². The van der Waals surface area contributed by atoms with Gasteiger partial charge in [0, 0.05) is 33.7 Å². The van der Waals surface area contributed by atoms with Gasteiger partial charge in [0.15, 0.2) is 0 Å². The van der Waals surface area contributed by atoms with Crippen molar-refractivity contribution >= 4 is 11.8 Å². The molecule has 18 heavy (non-hydrogen) atoms. The zero-order chi connectivity index (χ0) is 13.1. The van der Waals surface area contributed by atoms with Gasteiger partial charge in [-0.25, -0.2) is 0 Å². The van der Waals surface area contributed by atoms with Gasteiger partial charge in [0.2, 0.25) is 5.91 Å². The molecule has 2 aliphatic rings. The summed E-state index contributed by atoms with van der Waals surface area (Å²) in [5.74, 6) is -0.0514. The molecule has 0 aromatic carbocycles. The molecular weight excluding hydrogens is 234 g/mol. The molecular formula is C12H21N3O3. The number of likely N-dealkylation sites (N-methyl/N-ethyl adjacent to an activating group) is 1. The van der Waals surface area contributed by atoms with Gasteiger partial charge in [-0.1, -0.05) is 0 Å². The molecule has 0 saturated carbocycles. The number of nitrogens with zero attached hydrogens (tertiary/aromatic N) is 2. The Hall–Kier alpha value is -1.14. The number of carbonyl (C=O) groups is 2. The van der Waals surface area contributed by atoms with Gasteiger partial charge in [0.25, 0.3) is 5.91 Å². The smallest absolute Gasteiger partial charge is 0.253 e. The Morgan fingerprint density at radius 2 is 2.17 bits per heavy atom. The van der Waals surface area contributed by atoms with Crippen LogP contribution in [0.1, 0.15) is 12.8 Å². The Balaban J connectivity index is 2.01. The van der Waals surface area contributed by atoms with E-state index < -0.39 is 6.10 Å². The largest absolute Gasteiger partial charge is 0.366 e. The van der Waals surface area contributed by atoms with Gasteiger partial charge >= 0.3 is 0 Å². The Morgan fingerprint density at radius 1 is 1.39 bits per heavy atom. The summed E-state index contributed by atoms with van der Waals surface area (Å²) in [7, 11) is 3.45. The van der Waals surface area contributed by atoms with Crippen molar-refractivity contribution in [2.45, 2.75) is 25.0 Å². The van der Waals surface area contributed by atoms with Gasteiger partial charge in [0.1, 0.15) is 12.1 Å². The molecule has 2 saturated heterocycles. The number of rotatable bonds is 2. The number of hydrogen-bond donors (Lipinski definition) is 1. The average Bonchev–Trinajstić information content (AvgIpc) is 2.87. The Labute approximate surface area is 107 Å². The lowest BCUT2D eigenvalue weighted by atomic mass is 10.2. The normalized spacial score (nSPS) is 28.2. The van der Waals surface area contributed by atoms with Crippen LogP contribution in [0.25, 0.3) is 0 Å². The van der Waals surface area contributed by atoms with Crippen LogP contribution >= 0.6 is 0 Å². The molecule has 0 spiro atoms. The van der Waals surface area contributed by atoms with Crippen LogP contribution in [0.5, 0.6) is 0 Å². The molecule has 102 valence electrons. The summed E-state index contributed by atoms with van der Waals surface area (Å²) < 4.78 is 5.46. The predicted molar refractivity (Wildman–Crippen MR) is 66.0 cm³/mol. The third-order valence-corrected chi connectivity index (χ3v) is 3.46. The van der Waals surface area contributed by atoms with Crippen LogP contribution in [0.3, 0.4) is 0 Å². The highest BCUT2D eigenvalue weighted by molar-refractivity contribution is 5.90. The molecule has 1 N–H and O–H groups in total. The van der Waals surface area contributed by atoms with Gasteiger partial charge < -0.3 is 19.9 Å². The van der Waals surface area contributed by atoms with Crippen molar-refractivity contribution in [3.05, 3.63) is 0 Å². The van der Waals surface area contributed by atoms with E-state index in [0.717, 1.165) is 19.4 Å². The molecule has 2 heterocycles. The van der Waals surface area contributed by atoms with Crippen molar-refractivity contribution in [3.8, 4) is 0 Å². The zero-order valence-corrected chi connectivity index (χ0v) is 11.0. The first-order valence-corrected chi connectivity index (χ1v) is 6.45. The van der Waals surface area contributed by atoms with Crippen molar-refractivity contribution in [3.63, 3.8) is 0 Å². The molecule has 2 rings (SSSR count). The van der Waals surface area contributed by atoms with E-state index in [4.69, 9.17) is 4.74 Å². The third-order valence-electron chi connectivity index (χ3n) is 3.46. The second kappa shape index (κ2) is 5.67. The minimum atomic E-state index is -0.436. The molecule has 0 radical (unpaired) electrons. The Morgan fingerprint density at radius 3 is 2.78 bits per heavy atom. The first-order valence-electron chi connectivity index (χ1n) is 6.45. The van der Waals surface area contributed by atoms with Crippen LogP contribution in [0.4, 0.5) is 0 Å². The lowest BCUT2D eigenvalue weighted by molar-refractivity contribution is -0.151. The van der Waals surface area contributed by atoms with Gasteiger partial charge in [-0.3, -0.25) is 9.59 Å². The van der Waals surface area contributed by atoms with E-state index in [1.165, 1.54) is 0 Å².